The van der Waals surface area contributed by atoms with E-state index in [-0.39, 0.29) is 0 Å². The van der Waals surface area contributed by atoms with Crippen LogP contribution in [0.3, 0.4) is 0 Å². The van der Waals surface area contributed by atoms with Gasteiger partial charge >= 0.3 is 6.18 Å². The van der Waals surface area contributed by atoms with Gasteiger partial charge in [0.25, 0.3) is 0 Å². The predicted molar refractivity (Wildman–Crippen MR) is 129 cm³/mol. The third-order valence-electron chi connectivity index (χ3n) is 6.87. The number of hydrogen-bond donors (Lipinski definition) is 0. The molecule has 34 heavy (non-hydrogen) atoms. The average Bonchev–Trinajstić information content (AvgIpc) is 3.51. The van der Waals surface area contributed by atoms with Crippen LogP contribution in [-0.4, -0.2) is 57.6 Å². The van der Waals surface area contributed by atoms with E-state index in [1.807, 2.05) is 41.9 Å². The molecule has 0 saturated carbocycles. The number of thioether (sulfide) groups is 1. The third-order valence-corrected chi connectivity index (χ3v) is 7.97. The summed E-state index contributed by atoms with van der Waals surface area (Å²) < 4.78 is 40.7. The topological polar surface area (TPSA) is 37.2 Å². The van der Waals surface area contributed by atoms with Gasteiger partial charge < -0.3 is 14.4 Å². The van der Waals surface area contributed by atoms with Crippen LogP contribution in [0.15, 0.2) is 59.8 Å². The van der Waals surface area contributed by atoms with Crippen molar-refractivity contribution in [2.45, 2.75) is 30.2 Å². The summed E-state index contributed by atoms with van der Waals surface area (Å²) in [4.78, 5) is 4.79. The van der Waals surface area contributed by atoms with E-state index in [9.17, 15) is 13.2 Å². The predicted octanol–water partition coefficient (Wildman–Crippen LogP) is 5.19. The van der Waals surface area contributed by atoms with Gasteiger partial charge in [0.05, 0.1) is 5.56 Å². The summed E-state index contributed by atoms with van der Waals surface area (Å²) in [6, 6.07) is 16.1. The standard InChI is InChI=1S/C25H28F3N5S/c1-31-23(18-6-3-2-4-7-18)29-30-24(31)34-15-5-13-32-16-19-12-14-33(22(19)17-32)21-10-8-20(9-11-21)25(26,27)28/h2-4,6-11,19,22H,5,12-17H2,1H3/t19-,22+/m0/s1. The van der Waals surface area contributed by atoms with Crippen LogP contribution in [0.5, 0.6) is 0 Å². The van der Waals surface area contributed by atoms with Gasteiger partial charge in [-0.25, -0.2) is 0 Å². The highest BCUT2D eigenvalue weighted by Crippen LogP contribution is 2.37. The Morgan fingerprint density at radius 1 is 1.00 bits per heavy atom. The number of aromatic nitrogens is 3. The van der Waals surface area contributed by atoms with Crippen LogP contribution >= 0.6 is 11.8 Å². The maximum atomic E-state index is 12.9. The van der Waals surface area contributed by atoms with Crippen LogP contribution in [0.2, 0.25) is 0 Å². The summed E-state index contributed by atoms with van der Waals surface area (Å²) in [6.45, 7) is 3.97. The van der Waals surface area contributed by atoms with Gasteiger partial charge in [-0.05, 0) is 49.6 Å². The number of anilines is 1. The maximum Gasteiger partial charge on any atom is 0.416 e. The SMILES string of the molecule is Cn1c(SCCCN2C[C@@H]3CCN(c4ccc(C(F)(F)F)cc4)[C@@H]3C2)nnc1-c1ccccc1. The molecule has 0 spiro atoms. The Bertz CT molecular complexity index is 1100. The second-order valence-electron chi connectivity index (χ2n) is 9.05. The van der Waals surface area contributed by atoms with Gasteiger partial charge in [-0.3, -0.25) is 0 Å². The highest BCUT2D eigenvalue weighted by atomic mass is 32.2. The molecule has 0 aliphatic carbocycles. The lowest BCUT2D eigenvalue weighted by molar-refractivity contribution is -0.137. The molecule has 3 aromatic rings. The normalized spacial score (nSPS) is 20.8. The van der Waals surface area contributed by atoms with Crippen molar-refractivity contribution >= 4 is 17.4 Å². The molecular formula is C25H28F3N5S. The number of fused-ring (bicyclic) bond motifs is 1. The van der Waals surface area contributed by atoms with Crippen LogP contribution in [0.25, 0.3) is 11.4 Å². The van der Waals surface area contributed by atoms with Gasteiger partial charge in [-0.1, -0.05) is 42.1 Å². The van der Waals surface area contributed by atoms with Crippen molar-refractivity contribution < 1.29 is 13.2 Å². The minimum atomic E-state index is -4.29. The first-order valence-electron chi connectivity index (χ1n) is 11.6. The molecule has 180 valence electrons. The lowest BCUT2D eigenvalue weighted by atomic mass is 10.0. The molecule has 0 bridgehead atoms. The van der Waals surface area contributed by atoms with E-state index >= 15 is 0 Å². The monoisotopic (exact) mass is 487 g/mol. The van der Waals surface area contributed by atoms with Gasteiger partial charge in [0, 0.05) is 49.7 Å². The highest BCUT2D eigenvalue weighted by molar-refractivity contribution is 7.99. The minimum absolute atomic E-state index is 0.386. The number of hydrogen-bond acceptors (Lipinski definition) is 5. The molecule has 2 aliphatic heterocycles. The van der Waals surface area contributed by atoms with E-state index in [1.54, 1.807) is 23.9 Å². The first kappa shape index (κ1) is 23.2. The van der Waals surface area contributed by atoms with Gasteiger partial charge in [0.15, 0.2) is 11.0 Å². The van der Waals surface area contributed by atoms with Crippen LogP contribution < -0.4 is 4.90 Å². The Labute approximate surface area is 202 Å². The third kappa shape index (κ3) is 4.81. The van der Waals surface area contributed by atoms with Crippen molar-refractivity contribution in [2.75, 3.05) is 36.8 Å². The average molecular weight is 488 g/mol. The van der Waals surface area contributed by atoms with Crippen molar-refractivity contribution in [3.05, 3.63) is 60.2 Å². The summed E-state index contributed by atoms with van der Waals surface area (Å²) in [5.74, 6) is 2.43. The number of likely N-dealkylation sites (tertiary alicyclic amines) is 1. The largest absolute Gasteiger partial charge is 0.416 e. The zero-order valence-electron chi connectivity index (χ0n) is 19.1. The Morgan fingerprint density at radius 2 is 1.76 bits per heavy atom. The van der Waals surface area contributed by atoms with E-state index < -0.39 is 11.7 Å². The number of halogens is 3. The Morgan fingerprint density at radius 3 is 2.50 bits per heavy atom. The van der Waals surface area contributed by atoms with E-state index in [4.69, 9.17) is 0 Å². The maximum absolute atomic E-state index is 12.9. The Kier molecular flexibility index (Phi) is 6.57. The summed E-state index contributed by atoms with van der Waals surface area (Å²) in [5.41, 5.74) is 1.37. The molecule has 2 aromatic carbocycles. The van der Waals surface area contributed by atoms with Crippen LogP contribution in [0, 0.1) is 5.92 Å². The molecule has 2 atom stereocenters. The van der Waals surface area contributed by atoms with Crippen LogP contribution in [-0.2, 0) is 13.2 Å². The minimum Gasteiger partial charge on any atom is -0.367 e. The van der Waals surface area contributed by atoms with Gasteiger partial charge in [-0.2, -0.15) is 13.2 Å². The molecule has 0 radical (unpaired) electrons. The number of rotatable bonds is 7. The van der Waals surface area contributed by atoms with Crippen molar-refractivity contribution in [2.24, 2.45) is 13.0 Å². The molecule has 9 heteroatoms. The van der Waals surface area contributed by atoms with Crippen molar-refractivity contribution in [1.29, 1.82) is 0 Å². The lowest BCUT2D eigenvalue weighted by Gasteiger charge is -2.27. The molecule has 0 amide bonds. The molecule has 1 aromatic heterocycles. The number of nitrogens with zero attached hydrogens (tertiary/aromatic N) is 5. The van der Waals surface area contributed by atoms with Gasteiger partial charge in [-0.15, -0.1) is 10.2 Å². The van der Waals surface area contributed by atoms with E-state index in [1.165, 1.54) is 12.1 Å². The van der Waals surface area contributed by atoms with Gasteiger partial charge in [0.1, 0.15) is 0 Å². The fourth-order valence-corrected chi connectivity index (χ4v) is 5.96. The molecular weight excluding hydrogens is 459 g/mol. The quantitative estimate of drug-likeness (QED) is 0.339. The fourth-order valence-electron chi connectivity index (χ4n) is 5.12. The summed E-state index contributed by atoms with van der Waals surface area (Å²) in [7, 11) is 2.00. The first-order valence-corrected chi connectivity index (χ1v) is 12.6. The van der Waals surface area contributed by atoms with Crippen molar-refractivity contribution in [3.63, 3.8) is 0 Å². The van der Waals surface area contributed by atoms with Crippen molar-refractivity contribution in [1.82, 2.24) is 19.7 Å². The first-order chi connectivity index (χ1) is 16.4. The molecule has 0 N–H and O–H groups in total. The molecule has 2 saturated heterocycles. The molecule has 3 heterocycles. The summed E-state index contributed by atoms with van der Waals surface area (Å²) >= 11 is 1.73. The zero-order chi connectivity index (χ0) is 23.7. The lowest BCUT2D eigenvalue weighted by Crippen LogP contribution is -2.35. The fraction of sp³-hybridized carbons (Fsp3) is 0.440. The Balaban J connectivity index is 1.11. The van der Waals surface area contributed by atoms with Crippen LogP contribution in [0.4, 0.5) is 18.9 Å². The molecule has 2 fully saturated rings. The molecule has 0 unspecified atom stereocenters. The summed E-state index contributed by atoms with van der Waals surface area (Å²) in [5, 5.41) is 9.63. The second kappa shape index (κ2) is 9.62. The summed E-state index contributed by atoms with van der Waals surface area (Å²) in [6.07, 6.45) is -2.14. The highest BCUT2D eigenvalue weighted by Gasteiger charge is 2.41. The van der Waals surface area contributed by atoms with Crippen LogP contribution in [0.1, 0.15) is 18.4 Å². The molecule has 5 rings (SSSR count). The zero-order valence-corrected chi connectivity index (χ0v) is 19.9. The number of alkyl halides is 3. The van der Waals surface area contributed by atoms with Gasteiger partial charge in [0.2, 0.25) is 0 Å². The Hall–Kier alpha value is -2.52. The molecule has 5 nitrogen and oxygen atoms in total. The molecule has 2 aliphatic rings. The smallest absolute Gasteiger partial charge is 0.367 e. The number of benzene rings is 2. The van der Waals surface area contributed by atoms with E-state index in [0.717, 1.165) is 67.0 Å². The van der Waals surface area contributed by atoms with E-state index in [2.05, 4.69) is 20.0 Å². The second-order valence-corrected chi connectivity index (χ2v) is 10.1. The van der Waals surface area contributed by atoms with Crippen molar-refractivity contribution in [3.8, 4) is 11.4 Å². The van der Waals surface area contributed by atoms with E-state index in [0.29, 0.717) is 12.0 Å².